The predicted octanol–water partition coefficient (Wildman–Crippen LogP) is 5.84. The van der Waals surface area contributed by atoms with Gasteiger partial charge < -0.3 is 4.98 Å². The number of thioether (sulfide) groups is 1. The quantitative estimate of drug-likeness (QED) is 0.685. The molecule has 25 heavy (non-hydrogen) atoms. The van der Waals surface area contributed by atoms with E-state index in [4.69, 9.17) is 0 Å². The van der Waals surface area contributed by atoms with Gasteiger partial charge in [0.05, 0.1) is 0 Å². The molecule has 2 nitrogen and oxygen atoms in total. The molecule has 0 aliphatic heterocycles. The number of allylic oxidation sites excluding steroid dienone is 1. The van der Waals surface area contributed by atoms with Gasteiger partial charge in [0, 0.05) is 21.7 Å². The first-order chi connectivity index (χ1) is 12.1. The zero-order chi connectivity index (χ0) is 17.8. The van der Waals surface area contributed by atoms with Crippen LogP contribution in [0.2, 0.25) is 0 Å². The molecule has 1 N–H and O–H groups in total. The number of rotatable bonds is 5. The number of nitrogens with one attached hydrogen (secondary N) is 1. The number of hydrogen-bond acceptors (Lipinski definition) is 2. The van der Waals surface area contributed by atoms with Crippen molar-refractivity contribution >= 4 is 17.3 Å². The van der Waals surface area contributed by atoms with Gasteiger partial charge in [-0.1, -0.05) is 51.0 Å². The monoisotopic (exact) mass is 353 g/mol. The van der Waals surface area contributed by atoms with E-state index >= 15 is 0 Å². The lowest BCUT2D eigenvalue weighted by Crippen LogP contribution is -2.15. The second-order valence-corrected chi connectivity index (χ2v) is 8.04. The smallest absolute Gasteiger partial charge is 0.251 e. The van der Waals surface area contributed by atoms with Crippen molar-refractivity contribution in [1.82, 2.24) is 4.98 Å². The Labute approximate surface area is 154 Å². The van der Waals surface area contributed by atoms with Crippen LogP contribution in [-0.2, 0) is 0 Å². The second-order valence-electron chi connectivity index (χ2n) is 7.16. The summed E-state index contributed by atoms with van der Waals surface area (Å²) in [5.41, 5.74) is 4.15. The van der Waals surface area contributed by atoms with E-state index in [-0.39, 0.29) is 11.5 Å². The summed E-state index contributed by atoms with van der Waals surface area (Å²) >= 11 is 1.75. The van der Waals surface area contributed by atoms with Crippen molar-refractivity contribution in [1.29, 1.82) is 0 Å². The minimum Gasteiger partial charge on any atom is -0.322 e. The zero-order valence-corrected chi connectivity index (χ0v) is 16.2. The van der Waals surface area contributed by atoms with E-state index in [0.29, 0.717) is 5.92 Å². The summed E-state index contributed by atoms with van der Waals surface area (Å²) in [7, 11) is 0. The molecule has 0 unspecified atom stereocenters. The van der Waals surface area contributed by atoms with E-state index in [2.05, 4.69) is 61.5 Å². The zero-order valence-electron chi connectivity index (χ0n) is 15.3. The molecule has 1 heterocycles. The molecule has 0 radical (unpaired) electrons. The van der Waals surface area contributed by atoms with E-state index in [1.54, 1.807) is 11.8 Å². The molecule has 1 fully saturated rings. The van der Waals surface area contributed by atoms with Crippen LogP contribution < -0.4 is 5.56 Å². The fourth-order valence-electron chi connectivity index (χ4n) is 3.57. The van der Waals surface area contributed by atoms with Crippen LogP contribution in [0.25, 0.3) is 5.57 Å². The number of benzene rings is 1. The molecule has 132 valence electrons. The largest absolute Gasteiger partial charge is 0.322 e. The van der Waals surface area contributed by atoms with Crippen LogP contribution in [0.15, 0.2) is 52.2 Å². The first-order valence-corrected chi connectivity index (χ1v) is 10.4. The Morgan fingerprint density at radius 2 is 1.80 bits per heavy atom. The first-order valence-electron chi connectivity index (χ1n) is 9.18. The van der Waals surface area contributed by atoms with Crippen LogP contribution in [0.4, 0.5) is 0 Å². The highest BCUT2D eigenvalue weighted by atomic mass is 32.2. The predicted molar refractivity (Wildman–Crippen MR) is 108 cm³/mol. The molecule has 1 aliphatic carbocycles. The lowest BCUT2D eigenvalue weighted by atomic mass is 9.95. The Morgan fingerprint density at radius 1 is 1.12 bits per heavy atom. The topological polar surface area (TPSA) is 32.9 Å². The minimum absolute atomic E-state index is 0.0329. The summed E-state index contributed by atoms with van der Waals surface area (Å²) in [5, 5.41) is 0. The average molecular weight is 354 g/mol. The van der Waals surface area contributed by atoms with E-state index < -0.39 is 0 Å². The highest BCUT2D eigenvalue weighted by Gasteiger charge is 2.16. The van der Waals surface area contributed by atoms with Crippen LogP contribution >= 0.6 is 11.8 Å². The molecule has 0 spiro atoms. The van der Waals surface area contributed by atoms with E-state index in [1.807, 2.05) is 6.07 Å². The molecule has 0 amide bonds. The lowest BCUT2D eigenvalue weighted by molar-refractivity contribution is 0.687. The van der Waals surface area contributed by atoms with Crippen LogP contribution in [0.1, 0.15) is 62.3 Å². The summed E-state index contributed by atoms with van der Waals surface area (Å²) in [5.74, 6) is 0.851. The highest BCUT2D eigenvalue weighted by molar-refractivity contribution is 7.98. The van der Waals surface area contributed by atoms with Gasteiger partial charge in [-0.25, -0.2) is 0 Å². The Balaban J connectivity index is 2.04. The van der Waals surface area contributed by atoms with Gasteiger partial charge >= 0.3 is 0 Å². The van der Waals surface area contributed by atoms with Gasteiger partial charge in [-0.15, -0.1) is 11.8 Å². The van der Waals surface area contributed by atoms with Crippen LogP contribution in [0.5, 0.6) is 0 Å². The third kappa shape index (κ3) is 4.27. The Bertz CT molecular complexity index is 796. The number of aromatic nitrogens is 1. The number of H-pyrrole nitrogens is 1. The van der Waals surface area contributed by atoms with E-state index in [0.717, 1.165) is 16.8 Å². The number of pyridine rings is 1. The van der Waals surface area contributed by atoms with Gasteiger partial charge in [0.2, 0.25) is 0 Å². The fourth-order valence-corrected chi connectivity index (χ4v) is 3.98. The standard InChI is InChI=1S/C22H27NOS/c1-15(2)19-12-13-21(23-22(19)24)20(14-16-6-4-5-7-16)17-8-10-18(25-3)11-9-17/h8-16H,4-7H2,1-3H3,(H,23,24)/b20-14+. The molecule has 2 aromatic rings. The minimum atomic E-state index is 0.0329. The summed E-state index contributed by atoms with van der Waals surface area (Å²) in [6.07, 6.45) is 9.58. The SMILES string of the molecule is CSc1ccc(/C(=C\C2CCCC2)c2ccc(C(C)C)c(=O)[nH]2)cc1. The molecule has 0 atom stereocenters. The van der Waals surface area contributed by atoms with Gasteiger partial charge in [0.25, 0.3) is 5.56 Å². The lowest BCUT2D eigenvalue weighted by Gasteiger charge is -2.13. The number of hydrogen-bond donors (Lipinski definition) is 1. The summed E-state index contributed by atoms with van der Waals surface area (Å²) in [6.45, 7) is 4.11. The van der Waals surface area contributed by atoms with E-state index in [9.17, 15) is 4.79 Å². The maximum absolute atomic E-state index is 12.5. The maximum Gasteiger partial charge on any atom is 0.251 e. The molecule has 1 aliphatic rings. The maximum atomic E-state index is 12.5. The fraction of sp³-hybridized carbons (Fsp3) is 0.409. The molecular formula is C22H27NOS. The number of aromatic amines is 1. The van der Waals surface area contributed by atoms with Crippen LogP contribution in [0.3, 0.4) is 0 Å². The van der Waals surface area contributed by atoms with Crippen molar-refractivity contribution in [2.24, 2.45) is 5.92 Å². The molecule has 0 saturated heterocycles. The highest BCUT2D eigenvalue weighted by Crippen LogP contribution is 2.32. The Morgan fingerprint density at radius 3 is 2.36 bits per heavy atom. The van der Waals surface area contributed by atoms with Gasteiger partial charge in [-0.2, -0.15) is 0 Å². The normalized spacial score (nSPS) is 15.9. The third-order valence-corrected chi connectivity index (χ3v) is 5.80. The van der Waals surface area contributed by atoms with Crippen molar-refractivity contribution in [2.75, 3.05) is 6.26 Å². The summed E-state index contributed by atoms with van der Waals surface area (Å²) in [4.78, 5) is 16.9. The van der Waals surface area contributed by atoms with Crippen molar-refractivity contribution < 1.29 is 0 Å². The average Bonchev–Trinajstić information content (AvgIpc) is 3.12. The van der Waals surface area contributed by atoms with Crippen molar-refractivity contribution in [3.05, 3.63) is 69.6 Å². The summed E-state index contributed by atoms with van der Waals surface area (Å²) in [6, 6.07) is 12.7. The molecule has 1 aromatic heterocycles. The molecular weight excluding hydrogens is 326 g/mol. The first kappa shape index (κ1) is 18.1. The van der Waals surface area contributed by atoms with Gasteiger partial charge in [0.15, 0.2) is 0 Å². The van der Waals surface area contributed by atoms with Crippen LogP contribution in [-0.4, -0.2) is 11.2 Å². The molecule has 3 rings (SSSR count). The van der Waals surface area contributed by atoms with Crippen molar-refractivity contribution in [3.8, 4) is 0 Å². The molecule has 1 aromatic carbocycles. The molecule has 0 bridgehead atoms. The van der Waals surface area contributed by atoms with Crippen molar-refractivity contribution in [2.45, 2.75) is 50.3 Å². The van der Waals surface area contributed by atoms with Crippen molar-refractivity contribution in [3.63, 3.8) is 0 Å². The summed E-state index contributed by atoms with van der Waals surface area (Å²) < 4.78 is 0. The molecule has 3 heteroatoms. The van der Waals surface area contributed by atoms with Crippen LogP contribution in [0, 0.1) is 5.92 Å². The van der Waals surface area contributed by atoms with Gasteiger partial charge in [-0.05, 0) is 54.7 Å². The Hall–Kier alpha value is -1.74. The van der Waals surface area contributed by atoms with Gasteiger partial charge in [0.1, 0.15) is 0 Å². The third-order valence-electron chi connectivity index (χ3n) is 5.06. The Kier molecular flexibility index (Phi) is 5.85. The molecule has 1 saturated carbocycles. The van der Waals surface area contributed by atoms with Gasteiger partial charge in [-0.3, -0.25) is 4.79 Å². The van der Waals surface area contributed by atoms with E-state index in [1.165, 1.54) is 36.1 Å². The second kappa shape index (κ2) is 8.09.